The number of aliphatic hydroxyl groups is 3. The predicted octanol–water partition coefficient (Wildman–Crippen LogP) is 2.92. The van der Waals surface area contributed by atoms with Crippen molar-refractivity contribution in [3.8, 4) is 17.6 Å². The second-order valence-electron chi connectivity index (χ2n) is 10.0. The topological polar surface area (TPSA) is 211 Å². The average Bonchev–Trinajstić information content (AvgIpc) is 3.07. The standard InChI is InChI=1S/C31H41N7O8S/c1-22-24(21-32)30(33-9-16-46-17-15-41)35-31(34-23-7-5-4-6-8-23)29(22)37-36-25-19-27(45-3)28(20-26(25)44-2)47(42,43)18-12-38(10-13-39)11-14-40/h4-8,19-20,39-41H,9-18H2,1-3H3,(H2,33,34,35). The van der Waals surface area contributed by atoms with E-state index in [1.165, 1.54) is 26.4 Å². The van der Waals surface area contributed by atoms with Crippen molar-refractivity contribution in [3.63, 3.8) is 0 Å². The van der Waals surface area contributed by atoms with Gasteiger partial charge >= 0.3 is 0 Å². The molecule has 5 N–H and O–H groups in total. The monoisotopic (exact) mass is 671 g/mol. The smallest absolute Gasteiger partial charge is 0.183 e. The Hall–Kier alpha value is -4.37. The molecule has 0 unspecified atom stereocenters. The van der Waals surface area contributed by atoms with Crippen molar-refractivity contribution in [3.05, 3.63) is 53.6 Å². The van der Waals surface area contributed by atoms with Crippen molar-refractivity contribution in [2.75, 3.05) is 89.8 Å². The molecule has 3 rings (SSSR count). The Morgan fingerprint density at radius 3 is 2.26 bits per heavy atom. The maximum Gasteiger partial charge on any atom is 0.183 e. The quantitative estimate of drug-likeness (QED) is 0.0865. The lowest BCUT2D eigenvalue weighted by Crippen LogP contribution is -2.34. The molecule has 0 amide bonds. The zero-order valence-electron chi connectivity index (χ0n) is 26.6. The van der Waals surface area contributed by atoms with E-state index >= 15 is 0 Å². The first kappa shape index (κ1) is 37.1. The molecule has 0 atom stereocenters. The summed E-state index contributed by atoms with van der Waals surface area (Å²) in [6, 6.07) is 14.1. The van der Waals surface area contributed by atoms with Crippen molar-refractivity contribution < 1.29 is 37.9 Å². The van der Waals surface area contributed by atoms with Gasteiger partial charge in [0.2, 0.25) is 0 Å². The normalized spacial score (nSPS) is 11.5. The number of nitrogens with zero attached hydrogens (tertiary/aromatic N) is 5. The largest absolute Gasteiger partial charge is 0.495 e. The zero-order valence-corrected chi connectivity index (χ0v) is 27.5. The summed E-state index contributed by atoms with van der Waals surface area (Å²) in [5.74, 6) is 0.447. The summed E-state index contributed by atoms with van der Waals surface area (Å²) in [6.45, 7) is 2.58. The molecular formula is C31H41N7O8S. The third-order valence-corrected chi connectivity index (χ3v) is 8.61. The fourth-order valence-electron chi connectivity index (χ4n) is 4.49. The molecule has 0 aliphatic heterocycles. The number of rotatable bonds is 20. The molecule has 15 nitrogen and oxygen atoms in total. The molecule has 16 heteroatoms. The van der Waals surface area contributed by atoms with Crippen molar-refractivity contribution in [1.82, 2.24) is 9.88 Å². The Morgan fingerprint density at radius 2 is 1.64 bits per heavy atom. The van der Waals surface area contributed by atoms with E-state index < -0.39 is 9.84 Å². The maximum absolute atomic E-state index is 13.4. The maximum atomic E-state index is 13.4. The summed E-state index contributed by atoms with van der Waals surface area (Å²) < 4.78 is 43.0. The number of hydrogen-bond acceptors (Lipinski definition) is 15. The summed E-state index contributed by atoms with van der Waals surface area (Å²) in [6.07, 6.45) is 0. The lowest BCUT2D eigenvalue weighted by atomic mass is 10.1. The van der Waals surface area contributed by atoms with E-state index in [9.17, 15) is 23.9 Å². The molecule has 0 radical (unpaired) electrons. The molecule has 0 spiro atoms. The number of para-hydroxylation sites is 1. The molecule has 3 aromatic rings. The number of benzene rings is 2. The summed E-state index contributed by atoms with van der Waals surface area (Å²) >= 11 is 0. The number of nitrogens with one attached hydrogen (secondary N) is 2. The van der Waals surface area contributed by atoms with Crippen molar-refractivity contribution in [2.45, 2.75) is 11.8 Å². The van der Waals surface area contributed by atoms with Crippen LogP contribution in [-0.4, -0.2) is 113 Å². The predicted molar refractivity (Wildman–Crippen MR) is 176 cm³/mol. The van der Waals surface area contributed by atoms with Crippen LogP contribution >= 0.6 is 0 Å². The van der Waals surface area contributed by atoms with Crippen LogP contribution in [-0.2, 0) is 14.6 Å². The van der Waals surface area contributed by atoms with Crippen LogP contribution in [0.4, 0.5) is 28.7 Å². The molecule has 0 aliphatic rings. The fourth-order valence-corrected chi connectivity index (χ4v) is 5.94. The molecule has 1 aromatic heterocycles. The van der Waals surface area contributed by atoms with E-state index in [1.807, 2.05) is 30.3 Å². The lowest BCUT2D eigenvalue weighted by molar-refractivity contribution is 0.0992. The summed E-state index contributed by atoms with van der Waals surface area (Å²) in [4.78, 5) is 6.17. The lowest BCUT2D eigenvalue weighted by Gasteiger charge is -2.20. The number of sulfone groups is 1. The zero-order chi connectivity index (χ0) is 34.2. The third kappa shape index (κ3) is 10.3. The van der Waals surface area contributed by atoms with Gasteiger partial charge in [0, 0.05) is 49.6 Å². The molecular weight excluding hydrogens is 630 g/mol. The summed E-state index contributed by atoms with van der Waals surface area (Å²) in [5.41, 5.74) is 1.85. The number of aliphatic hydroxyl groups excluding tert-OH is 3. The van der Waals surface area contributed by atoms with Crippen LogP contribution in [0, 0.1) is 18.3 Å². The SMILES string of the molecule is COc1cc(S(=O)(=O)CCN(CCO)CCO)c(OC)cc1N=Nc1c(Nc2ccccc2)nc(NCCOCCO)c(C#N)c1C. The van der Waals surface area contributed by atoms with Crippen LogP contribution in [0.5, 0.6) is 11.5 Å². The number of aromatic nitrogens is 1. The Labute approximate surface area is 274 Å². The van der Waals surface area contributed by atoms with Gasteiger partial charge in [-0.1, -0.05) is 18.2 Å². The van der Waals surface area contributed by atoms with Crippen LogP contribution in [0.1, 0.15) is 11.1 Å². The van der Waals surface area contributed by atoms with E-state index in [0.717, 1.165) is 0 Å². The Bertz CT molecular complexity index is 1630. The van der Waals surface area contributed by atoms with Gasteiger partial charge in [0.05, 0.1) is 58.6 Å². The molecule has 0 aliphatic carbocycles. The molecule has 254 valence electrons. The number of nitriles is 1. The minimum Gasteiger partial charge on any atom is -0.495 e. The molecule has 0 saturated carbocycles. The highest BCUT2D eigenvalue weighted by Gasteiger charge is 2.24. The number of anilines is 3. The van der Waals surface area contributed by atoms with E-state index in [-0.39, 0.29) is 91.8 Å². The number of methoxy groups -OCH3 is 2. The first-order valence-electron chi connectivity index (χ1n) is 14.8. The summed E-state index contributed by atoms with van der Waals surface area (Å²) in [5, 5.41) is 52.6. The van der Waals surface area contributed by atoms with Crippen molar-refractivity contribution in [2.24, 2.45) is 10.2 Å². The highest BCUT2D eigenvalue weighted by atomic mass is 32.2. The van der Waals surface area contributed by atoms with Gasteiger partial charge in [-0.25, -0.2) is 13.4 Å². The van der Waals surface area contributed by atoms with Crippen molar-refractivity contribution >= 4 is 38.5 Å². The minimum absolute atomic E-state index is 0.0220. The average molecular weight is 672 g/mol. The van der Waals surface area contributed by atoms with E-state index in [4.69, 9.17) is 19.3 Å². The third-order valence-electron chi connectivity index (χ3n) is 6.90. The van der Waals surface area contributed by atoms with Gasteiger partial charge in [-0.05, 0) is 19.1 Å². The van der Waals surface area contributed by atoms with Gasteiger partial charge in [0.25, 0.3) is 0 Å². The molecule has 47 heavy (non-hydrogen) atoms. The number of ether oxygens (including phenoxy) is 3. The molecule has 2 aromatic carbocycles. The van der Waals surface area contributed by atoms with Crippen LogP contribution in [0.25, 0.3) is 0 Å². The fraction of sp³-hybridized carbons (Fsp3) is 0.419. The van der Waals surface area contributed by atoms with E-state index in [1.54, 1.807) is 11.8 Å². The van der Waals surface area contributed by atoms with Gasteiger partial charge in [-0.3, -0.25) is 4.90 Å². The number of hydrogen-bond donors (Lipinski definition) is 5. The first-order chi connectivity index (χ1) is 22.7. The van der Waals surface area contributed by atoms with Crippen molar-refractivity contribution in [1.29, 1.82) is 5.26 Å². The van der Waals surface area contributed by atoms with Gasteiger partial charge < -0.3 is 40.2 Å². The van der Waals surface area contributed by atoms with Crippen LogP contribution in [0.15, 0.2) is 57.6 Å². The first-order valence-corrected chi connectivity index (χ1v) is 16.4. The second kappa shape index (κ2) is 18.7. The number of pyridine rings is 1. The Balaban J connectivity index is 2.03. The molecule has 0 fully saturated rings. The number of azo groups is 1. The van der Waals surface area contributed by atoms with Gasteiger partial charge in [0.1, 0.15) is 39.7 Å². The van der Waals surface area contributed by atoms with Gasteiger partial charge in [0.15, 0.2) is 15.7 Å². The summed E-state index contributed by atoms with van der Waals surface area (Å²) in [7, 11) is -1.19. The Kier molecular flexibility index (Phi) is 14.8. The van der Waals surface area contributed by atoms with Gasteiger partial charge in [-0.15, -0.1) is 10.2 Å². The van der Waals surface area contributed by atoms with E-state index in [2.05, 4.69) is 31.9 Å². The Morgan fingerprint density at radius 1 is 0.936 bits per heavy atom. The van der Waals surface area contributed by atoms with Crippen LogP contribution < -0.4 is 20.1 Å². The highest BCUT2D eigenvalue weighted by molar-refractivity contribution is 7.91. The van der Waals surface area contributed by atoms with E-state index in [0.29, 0.717) is 29.4 Å². The molecule has 0 bridgehead atoms. The highest BCUT2D eigenvalue weighted by Crippen LogP contribution is 2.41. The second-order valence-corrected chi connectivity index (χ2v) is 12.1. The van der Waals surface area contributed by atoms with Crippen LogP contribution in [0.2, 0.25) is 0 Å². The molecule has 0 saturated heterocycles. The van der Waals surface area contributed by atoms with Gasteiger partial charge in [-0.2, -0.15) is 5.26 Å². The minimum atomic E-state index is -3.89. The molecule has 1 heterocycles. The van der Waals surface area contributed by atoms with Crippen LogP contribution in [0.3, 0.4) is 0 Å².